The lowest BCUT2D eigenvalue weighted by atomic mass is 9.74. The second-order valence-corrected chi connectivity index (χ2v) is 5.25. The van der Waals surface area contributed by atoms with Crippen LogP contribution in [0.5, 0.6) is 0 Å². The Hall–Kier alpha value is -0.770. The maximum atomic E-state index is 6.11. The van der Waals surface area contributed by atoms with Gasteiger partial charge in [-0.2, -0.15) is 0 Å². The van der Waals surface area contributed by atoms with E-state index in [0.29, 0.717) is 12.6 Å². The molecule has 0 amide bonds. The zero-order chi connectivity index (χ0) is 12.5. The summed E-state index contributed by atoms with van der Waals surface area (Å²) in [6.07, 6.45) is 2.23. The van der Waals surface area contributed by atoms with Crippen LogP contribution in [0.25, 0.3) is 0 Å². The lowest BCUT2D eigenvalue weighted by Gasteiger charge is -2.47. The van der Waals surface area contributed by atoms with Crippen molar-refractivity contribution in [3.63, 3.8) is 0 Å². The third kappa shape index (κ3) is 2.57. The van der Waals surface area contributed by atoms with Crippen molar-refractivity contribution in [1.29, 1.82) is 0 Å². The second-order valence-electron chi connectivity index (χ2n) is 4.84. The average molecular weight is 255 g/mol. The maximum absolute atomic E-state index is 6.11. The predicted molar refractivity (Wildman–Crippen MR) is 71.6 cm³/mol. The van der Waals surface area contributed by atoms with Crippen LogP contribution in [0.4, 0.5) is 5.69 Å². The fourth-order valence-corrected chi connectivity index (χ4v) is 2.46. The van der Waals surface area contributed by atoms with Crippen LogP contribution in [0.1, 0.15) is 18.4 Å². The monoisotopic (exact) mass is 254 g/mol. The molecule has 1 saturated carbocycles. The van der Waals surface area contributed by atoms with Gasteiger partial charge in [-0.25, -0.2) is 0 Å². The second kappa shape index (κ2) is 4.84. The van der Waals surface area contributed by atoms with Crippen molar-refractivity contribution in [3.8, 4) is 0 Å². The summed E-state index contributed by atoms with van der Waals surface area (Å²) in [5.41, 5.74) is 7.94. The summed E-state index contributed by atoms with van der Waals surface area (Å²) in [6, 6.07) is 6.01. The molecule has 0 aliphatic heterocycles. The van der Waals surface area contributed by atoms with Crippen LogP contribution < -0.4 is 11.1 Å². The average Bonchev–Trinajstić information content (AvgIpc) is 2.28. The van der Waals surface area contributed by atoms with Crippen molar-refractivity contribution >= 4 is 17.3 Å². The Balaban J connectivity index is 2.07. The van der Waals surface area contributed by atoms with E-state index >= 15 is 0 Å². The summed E-state index contributed by atoms with van der Waals surface area (Å²) in [7, 11) is 1.74. The van der Waals surface area contributed by atoms with E-state index in [1.807, 2.05) is 25.1 Å². The van der Waals surface area contributed by atoms with Gasteiger partial charge in [-0.1, -0.05) is 17.7 Å². The Morgan fingerprint density at radius 2 is 2.24 bits per heavy atom. The van der Waals surface area contributed by atoms with Crippen molar-refractivity contribution in [2.45, 2.75) is 31.4 Å². The highest BCUT2D eigenvalue weighted by Gasteiger charge is 2.43. The van der Waals surface area contributed by atoms with Crippen molar-refractivity contribution in [3.05, 3.63) is 28.8 Å². The van der Waals surface area contributed by atoms with Crippen LogP contribution in [0.15, 0.2) is 18.2 Å². The van der Waals surface area contributed by atoms with E-state index in [9.17, 15) is 0 Å². The minimum absolute atomic E-state index is 0.0285. The number of anilines is 1. The molecule has 1 aliphatic carbocycles. The number of rotatable bonds is 4. The number of hydrogen-bond acceptors (Lipinski definition) is 3. The van der Waals surface area contributed by atoms with E-state index in [0.717, 1.165) is 29.1 Å². The van der Waals surface area contributed by atoms with Gasteiger partial charge >= 0.3 is 0 Å². The van der Waals surface area contributed by atoms with Crippen LogP contribution in [0.3, 0.4) is 0 Å². The number of nitrogens with one attached hydrogen (secondary N) is 1. The third-order valence-corrected chi connectivity index (χ3v) is 3.95. The minimum Gasteiger partial charge on any atom is -0.381 e. The molecule has 3 nitrogen and oxygen atoms in total. The van der Waals surface area contributed by atoms with Crippen LogP contribution in [-0.2, 0) is 4.74 Å². The minimum atomic E-state index is -0.0285. The van der Waals surface area contributed by atoms with Crippen LogP contribution >= 0.6 is 11.6 Å². The predicted octanol–water partition coefficient (Wildman–Crippen LogP) is 2.57. The first kappa shape index (κ1) is 12.7. The van der Waals surface area contributed by atoms with E-state index in [1.54, 1.807) is 7.11 Å². The van der Waals surface area contributed by atoms with Gasteiger partial charge in [0, 0.05) is 24.4 Å². The number of ether oxygens (including phenoxy) is 1. The molecular formula is C13H19ClN2O. The fourth-order valence-electron chi connectivity index (χ4n) is 2.28. The Morgan fingerprint density at radius 1 is 1.53 bits per heavy atom. The molecule has 1 aliphatic rings. The zero-order valence-electron chi connectivity index (χ0n) is 10.3. The van der Waals surface area contributed by atoms with Gasteiger partial charge in [0.05, 0.1) is 11.6 Å². The lowest BCUT2D eigenvalue weighted by Crippen LogP contribution is -2.58. The molecule has 0 saturated heterocycles. The number of nitrogens with two attached hydrogens (primary N) is 1. The summed E-state index contributed by atoms with van der Waals surface area (Å²) in [5, 5.41) is 4.27. The van der Waals surface area contributed by atoms with Crippen LogP contribution in [0.2, 0.25) is 5.02 Å². The molecule has 0 unspecified atom stereocenters. The SMILES string of the molecule is COC1CC(CN)(Nc2ccc(C)c(Cl)c2)C1. The summed E-state index contributed by atoms with van der Waals surface area (Å²) in [6.45, 7) is 2.60. The highest BCUT2D eigenvalue weighted by molar-refractivity contribution is 6.31. The molecule has 1 fully saturated rings. The molecule has 0 radical (unpaired) electrons. The van der Waals surface area contributed by atoms with E-state index < -0.39 is 0 Å². The summed E-state index contributed by atoms with van der Waals surface area (Å²) in [4.78, 5) is 0. The molecule has 94 valence electrons. The largest absolute Gasteiger partial charge is 0.381 e. The Bertz CT molecular complexity index is 402. The quantitative estimate of drug-likeness (QED) is 0.868. The standard InChI is InChI=1S/C13H19ClN2O/c1-9-3-4-10(5-12(9)14)16-13(8-15)6-11(7-13)17-2/h3-5,11,16H,6-8,15H2,1-2H3. The summed E-state index contributed by atoms with van der Waals surface area (Å²) >= 11 is 6.11. The van der Waals surface area contributed by atoms with Crippen LogP contribution in [-0.4, -0.2) is 25.3 Å². The Kier molecular flexibility index (Phi) is 3.61. The molecular weight excluding hydrogens is 236 g/mol. The van der Waals surface area contributed by atoms with Crippen molar-refractivity contribution in [1.82, 2.24) is 0 Å². The van der Waals surface area contributed by atoms with E-state index in [4.69, 9.17) is 22.1 Å². The van der Waals surface area contributed by atoms with Gasteiger partial charge in [-0.05, 0) is 37.5 Å². The lowest BCUT2D eigenvalue weighted by molar-refractivity contribution is -0.00244. The molecule has 0 bridgehead atoms. The fraction of sp³-hybridized carbons (Fsp3) is 0.538. The number of aryl methyl sites for hydroxylation is 1. The molecule has 0 spiro atoms. The molecule has 2 rings (SSSR count). The smallest absolute Gasteiger partial charge is 0.0616 e. The van der Waals surface area contributed by atoms with Gasteiger partial charge in [0.2, 0.25) is 0 Å². The van der Waals surface area contributed by atoms with Crippen molar-refractivity contribution in [2.24, 2.45) is 5.73 Å². The summed E-state index contributed by atoms with van der Waals surface area (Å²) < 4.78 is 5.30. The summed E-state index contributed by atoms with van der Waals surface area (Å²) in [5.74, 6) is 0. The van der Waals surface area contributed by atoms with Gasteiger partial charge in [0.15, 0.2) is 0 Å². The van der Waals surface area contributed by atoms with Gasteiger partial charge in [0.25, 0.3) is 0 Å². The molecule has 0 atom stereocenters. The molecule has 4 heteroatoms. The highest BCUT2D eigenvalue weighted by Crippen LogP contribution is 2.37. The maximum Gasteiger partial charge on any atom is 0.0616 e. The van der Waals surface area contributed by atoms with Gasteiger partial charge in [-0.15, -0.1) is 0 Å². The Labute approximate surface area is 107 Å². The molecule has 1 aromatic carbocycles. The van der Waals surface area contributed by atoms with Crippen molar-refractivity contribution in [2.75, 3.05) is 19.0 Å². The first-order valence-electron chi connectivity index (χ1n) is 5.86. The molecule has 0 heterocycles. The molecule has 1 aromatic rings. The van der Waals surface area contributed by atoms with Crippen LogP contribution in [0, 0.1) is 6.92 Å². The van der Waals surface area contributed by atoms with E-state index in [1.165, 1.54) is 0 Å². The van der Waals surface area contributed by atoms with Gasteiger partial charge in [0.1, 0.15) is 0 Å². The van der Waals surface area contributed by atoms with Crippen molar-refractivity contribution < 1.29 is 4.74 Å². The highest BCUT2D eigenvalue weighted by atomic mass is 35.5. The normalized spacial score (nSPS) is 27.6. The zero-order valence-corrected chi connectivity index (χ0v) is 11.1. The number of halogens is 1. The molecule has 3 N–H and O–H groups in total. The topological polar surface area (TPSA) is 47.3 Å². The molecule has 0 aromatic heterocycles. The third-order valence-electron chi connectivity index (χ3n) is 3.54. The number of methoxy groups -OCH3 is 1. The number of benzene rings is 1. The van der Waals surface area contributed by atoms with E-state index in [-0.39, 0.29) is 5.54 Å². The number of hydrogen-bond donors (Lipinski definition) is 2. The first-order valence-corrected chi connectivity index (χ1v) is 6.23. The van der Waals surface area contributed by atoms with Gasteiger partial charge < -0.3 is 15.8 Å². The first-order chi connectivity index (χ1) is 8.08. The Morgan fingerprint density at radius 3 is 2.76 bits per heavy atom. The van der Waals surface area contributed by atoms with Gasteiger partial charge in [-0.3, -0.25) is 0 Å². The molecule has 17 heavy (non-hydrogen) atoms. The van der Waals surface area contributed by atoms with E-state index in [2.05, 4.69) is 5.32 Å².